The molecule has 150 valence electrons. The van der Waals surface area contributed by atoms with E-state index in [-0.39, 0.29) is 11.9 Å². The van der Waals surface area contributed by atoms with Gasteiger partial charge in [-0.05, 0) is 59.2 Å². The van der Waals surface area contributed by atoms with Gasteiger partial charge in [-0.15, -0.1) is 0 Å². The number of carbonyl (C=O) groups is 2. The Labute approximate surface area is 162 Å². The highest BCUT2D eigenvalue weighted by Gasteiger charge is 2.26. The van der Waals surface area contributed by atoms with E-state index in [2.05, 4.69) is 22.5 Å². The molecule has 1 aromatic carbocycles. The summed E-state index contributed by atoms with van der Waals surface area (Å²) in [5.74, 6) is -0.226. The summed E-state index contributed by atoms with van der Waals surface area (Å²) in [6, 6.07) is 8.73. The molecule has 0 spiro atoms. The summed E-state index contributed by atoms with van der Waals surface area (Å²) in [6.45, 7) is 10.2. The van der Waals surface area contributed by atoms with Gasteiger partial charge in [-0.25, -0.2) is 4.79 Å². The Kier molecular flexibility index (Phi) is 7.66. The van der Waals surface area contributed by atoms with Crippen molar-refractivity contribution >= 4 is 12.0 Å². The van der Waals surface area contributed by atoms with Crippen LogP contribution in [-0.2, 0) is 9.53 Å². The van der Waals surface area contributed by atoms with Crippen molar-refractivity contribution in [3.8, 4) is 0 Å². The molecule has 27 heavy (non-hydrogen) atoms. The predicted molar refractivity (Wildman–Crippen MR) is 106 cm³/mol. The topological polar surface area (TPSA) is 70.7 Å². The van der Waals surface area contributed by atoms with Crippen molar-refractivity contribution in [3.05, 3.63) is 35.9 Å². The molecule has 1 heterocycles. The number of nitrogens with one attached hydrogen (secondary N) is 2. The number of carbonyl (C=O) groups excluding carboxylic acids is 2. The predicted octanol–water partition coefficient (Wildman–Crippen LogP) is 3.24. The molecule has 1 aliphatic heterocycles. The van der Waals surface area contributed by atoms with Crippen molar-refractivity contribution in [2.45, 2.75) is 64.6 Å². The van der Waals surface area contributed by atoms with E-state index >= 15 is 0 Å². The first-order valence-corrected chi connectivity index (χ1v) is 9.82. The highest BCUT2D eigenvalue weighted by Crippen LogP contribution is 2.16. The highest BCUT2D eigenvalue weighted by molar-refractivity contribution is 5.86. The molecule has 2 amide bonds. The summed E-state index contributed by atoms with van der Waals surface area (Å²) in [4.78, 5) is 27.4. The van der Waals surface area contributed by atoms with E-state index in [1.165, 1.54) is 19.3 Å². The van der Waals surface area contributed by atoms with Crippen LogP contribution in [0.25, 0.3) is 0 Å². The van der Waals surface area contributed by atoms with E-state index < -0.39 is 17.7 Å². The average Bonchev–Trinajstić information content (AvgIpc) is 2.64. The molecule has 1 aromatic rings. The number of ether oxygens (including phenoxy) is 1. The summed E-state index contributed by atoms with van der Waals surface area (Å²) in [7, 11) is 0. The number of hydrogen-bond acceptors (Lipinski definition) is 4. The van der Waals surface area contributed by atoms with Crippen molar-refractivity contribution in [2.24, 2.45) is 0 Å². The molecule has 0 aliphatic carbocycles. The summed E-state index contributed by atoms with van der Waals surface area (Å²) in [5.41, 5.74) is 0.108. The molecule has 0 saturated carbocycles. The number of nitrogens with zero attached hydrogens (tertiary/aromatic N) is 1. The largest absolute Gasteiger partial charge is 0.444 e. The number of likely N-dealkylation sites (tertiary alicyclic amines) is 1. The Morgan fingerprint density at radius 2 is 1.74 bits per heavy atom. The van der Waals surface area contributed by atoms with Gasteiger partial charge in [0.15, 0.2) is 0 Å². The van der Waals surface area contributed by atoms with Crippen molar-refractivity contribution in [1.82, 2.24) is 15.5 Å². The average molecular weight is 376 g/mol. The molecule has 0 bridgehead atoms. The maximum Gasteiger partial charge on any atom is 0.408 e. The Morgan fingerprint density at radius 3 is 2.33 bits per heavy atom. The van der Waals surface area contributed by atoms with Crippen molar-refractivity contribution in [3.63, 3.8) is 0 Å². The minimum absolute atomic E-state index is 0.226. The first-order chi connectivity index (χ1) is 12.8. The van der Waals surface area contributed by atoms with Crippen LogP contribution in [0.2, 0.25) is 0 Å². The molecular weight excluding hydrogens is 342 g/mol. The van der Waals surface area contributed by atoms with Crippen LogP contribution in [0.4, 0.5) is 4.79 Å². The lowest BCUT2D eigenvalue weighted by Gasteiger charge is -2.32. The summed E-state index contributed by atoms with van der Waals surface area (Å²) in [5, 5.41) is 5.70. The van der Waals surface area contributed by atoms with Crippen molar-refractivity contribution in [2.75, 3.05) is 19.6 Å². The number of piperidine rings is 1. The molecule has 1 aliphatic rings. The van der Waals surface area contributed by atoms with Crippen LogP contribution in [0.3, 0.4) is 0 Å². The second-order valence-corrected chi connectivity index (χ2v) is 8.18. The van der Waals surface area contributed by atoms with Gasteiger partial charge in [-0.2, -0.15) is 0 Å². The first kappa shape index (κ1) is 21.2. The number of hydrogen-bond donors (Lipinski definition) is 2. The van der Waals surface area contributed by atoms with Crippen LogP contribution < -0.4 is 10.6 Å². The minimum Gasteiger partial charge on any atom is -0.444 e. The lowest BCUT2D eigenvalue weighted by molar-refractivity contribution is -0.123. The number of amides is 2. The fraction of sp³-hybridized carbons (Fsp3) is 0.619. The molecule has 6 heteroatoms. The molecular formula is C21H33N3O3. The molecule has 2 atom stereocenters. The molecule has 0 aromatic heterocycles. The fourth-order valence-electron chi connectivity index (χ4n) is 3.21. The summed E-state index contributed by atoms with van der Waals surface area (Å²) in [6.07, 6.45) is 3.11. The zero-order chi connectivity index (χ0) is 19.9. The second-order valence-electron chi connectivity index (χ2n) is 8.18. The first-order valence-electron chi connectivity index (χ1n) is 9.82. The molecule has 2 rings (SSSR count). The molecule has 2 N–H and O–H groups in total. The molecule has 0 radical (unpaired) electrons. The lowest BCUT2D eigenvalue weighted by Crippen LogP contribution is -2.48. The van der Waals surface area contributed by atoms with Gasteiger partial charge in [-0.1, -0.05) is 36.8 Å². The molecule has 1 fully saturated rings. The van der Waals surface area contributed by atoms with Crippen molar-refractivity contribution in [1.29, 1.82) is 0 Å². The van der Waals surface area contributed by atoms with E-state index in [1.807, 2.05) is 30.3 Å². The zero-order valence-corrected chi connectivity index (χ0v) is 17.0. The summed E-state index contributed by atoms with van der Waals surface area (Å²) >= 11 is 0. The number of benzene rings is 1. The SMILES string of the molecule is CC(CNC(=O)C(NC(=O)OC(C)(C)C)c1ccccc1)N1CCCCC1. The normalized spacial score (nSPS) is 17.6. The van der Waals surface area contributed by atoms with Gasteiger partial charge in [0.25, 0.3) is 0 Å². The van der Waals surface area contributed by atoms with Crippen molar-refractivity contribution < 1.29 is 14.3 Å². The third kappa shape index (κ3) is 7.21. The maximum atomic E-state index is 12.8. The van der Waals surface area contributed by atoms with Gasteiger partial charge in [0.05, 0.1) is 0 Å². The number of rotatable bonds is 6. The monoisotopic (exact) mass is 375 g/mol. The second kappa shape index (κ2) is 9.74. The third-order valence-electron chi connectivity index (χ3n) is 4.64. The van der Waals surface area contributed by atoms with Crippen LogP contribution in [0.15, 0.2) is 30.3 Å². The van der Waals surface area contributed by atoms with Crippen LogP contribution >= 0.6 is 0 Å². The quantitative estimate of drug-likeness (QED) is 0.801. The number of alkyl carbamates (subject to hydrolysis) is 1. The van der Waals surface area contributed by atoms with Gasteiger partial charge in [0.1, 0.15) is 11.6 Å². The Hall–Kier alpha value is -2.08. The van der Waals surface area contributed by atoms with Gasteiger partial charge in [-0.3, -0.25) is 9.69 Å². The third-order valence-corrected chi connectivity index (χ3v) is 4.64. The Bertz CT molecular complexity index is 607. The zero-order valence-electron chi connectivity index (χ0n) is 17.0. The molecule has 2 unspecified atom stereocenters. The maximum absolute atomic E-state index is 12.8. The minimum atomic E-state index is -0.783. The standard InChI is InChI=1S/C21H33N3O3/c1-16(24-13-9-6-10-14-24)15-22-19(25)18(17-11-7-5-8-12-17)23-20(26)27-21(2,3)4/h5,7-8,11-12,16,18H,6,9-10,13-15H2,1-4H3,(H,22,25)(H,23,26). The molecule has 6 nitrogen and oxygen atoms in total. The van der Waals surface area contributed by atoms with Gasteiger partial charge < -0.3 is 15.4 Å². The van der Waals surface area contributed by atoms with Gasteiger partial charge in [0.2, 0.25) is 5.91 Å². The fourth-order valence-corrected chi connectivity index (χ4v) is 3.21. The van der Waals surface area contributed by atoms with Crippen LogP contribution in [0, 0.1) is 0 Å². The van der Waals surface area contributed by atoms with E-state index in [0.29, 0.717) is 6.54 Å². The summed E-state index contributed by atoms with van der Waals surface area (Å²) < 4.78 is 5.32. The van der Waals surface area contributed by atoms with E-state index in [4.69, 9.17) is 4.74 Å². The lowest BCUT2D eigenvalue weighted by atomic mass is 10.1. The van der Waals surface area contributed by atoms with Gasteiger partial charge >= 0.3 is 6.09 Å². The van der Waals surface area contributed by atoms with Crippen LogP contribution in [0.1, 0.15) is 58.6 Å². The van der Waals surface area contributed by atoms with E-state index in [0.717, 1.165) is 18.7 Å². The smallest absolute Gasteiger partial charge is 0.408 e. The van der Waals surface area contributed by atoms with Crippen LogP contribution in [0.5, 0.6) is 0 Å². The molecule has 1 saturated heterocycles. The van der Waals surface area contributed by atoms with E-state index in [1.54, 1.807) is 20.8 Å². The highest BCUT2D eigenvalue weighted by atomic mass is 16.6. The Morgan fingerprint density at radius 1 is 1.11 bits per heavy atom. The van der Waals surface area contributed by atoms with Crippen LogP contribution in [-0.4, -0.2) is 48.2 Å². The Balaban J connectivity index is 1.99. The van der Waals surface area contributed by atoms with Gasteiger partial charge in [0, 0.05) is 12.6 Å². The van der Waals surface area contributed by atoms with E-state index in [9.17, 15) is 9.59 Å².